The maximum Gasteiger partial charge on any atom is 0.261 e. The third-order valence-electron chi connectivity index (χ3n) is 3.87. The molecule has 0 saturated carbocycles. The number of fused-ring (bicyclic) bond motifs is 1. The number of rotatable bonds is 4. The third kappa shape index (κ3) is 2.96. The number of nitrogen functional groups attached to an aromatic ring is 1. The van der Waals surface area contributed by atoms with Crippen molar-refractivity contribution in [1.29, 1.82) is 0 Å². The van der Waals surface area contributed by atoms with Gasteiger partial charge in [0.25, 0.3) is 5.91 Å². The van der Waals surface area contributed by atoms with Gasteiger partial charge in [-0.2, -0.15) is 10.1 Å². The molecule has 9 heteroatoms. The summed E-state index contributed by atoms with van der Waals surface area (Å²) in [7, 11) is 0. The molecule has 1 atom stereocenters. The molecule has 0 saturated heterocycles. The van der Waals surface area contributed by atoms with Crippen LogP contribution in [0.2, 0.25) is 0 Å². The van der Waals surface area contributed by atoms with Crippen LogP contribution in [-0.4, -0.2) is 30.7 Å². The van der Waals surface area contributed by atoms with Crippen molar-refractivity contribution in [2.24, 2.45) is 0 Å². The lowest BCUT2D eigenvalue weighted by Crippen LogP contribution is -2.25. The predicted molar refractivity (Wildman–Crippen MR) is 95.2 cm³/mol. The number of aromatic nitrogens is 5. The molecule has 4 N–H and O–H groups in total. The molecule has 1 unspecified atom stereocenters. The van der Waals surface area contributed by atoms with Crippen LogP contribution >= 0.6 is 11.3 Å². The molecule has 0 aliphatic carbocycles. The van der Waals surface area contributed by atoms with Gasteiger partial charge in [-0.25, -0.2) is 4.52 Å². The topological polar surface area (TPSA) is 114 Å². The van der Waals surface area contributed by atoms with E-state index >= 15 is 0 Å². The number of anilines is 1. The molecular formula is C16H15N7OS. The number of thiophene rings is 1. The number of pyridine rings is 1. The highest BCUT2D eigenvalue weighted by molar-refractivity contribution is 7.12. The van der Waals surface area contributed by atoms with Crippen molar-refractivity contribution in [2.75, 3.05) is 5.73 Å². The number of nitrogens with one attached hydrogen (secondary N) is 2. The first-order chi connectivity index (χ1) is 12.1. The van der Waals surface area contributed by atoms with Crippen molar-refractivity contribution < 1.29 is 4.79 Å². The summed E-state index contributed by atoms with van der Waals surface area (Å²) in [5.41, 5.74) is 9.11. The minimum Gasteiger partial charge on any atom is -0.366 e. The van der Waals surface area contributed by atoms with Crippen molar-refractivity contribution >= 4 is 28.8 Å². The summed E-state index contributed by atoms with van der Waals surface area (Å²) in [6.45, 7) is 1.92. The summed E-state index contributed by atoms with van der Waals surface area (Å²) >= 11 is 1.40. The summed E-state index contributed by atoms with van der Waals surface area (Å²) in [6.07, 6.45) is 5.31. The van der Waals surface area contributed by atoms with Crippen LogP contribution in [0.3, 0.4) is 0 Å². The maximum absolute atomic E-state index is 12.4. The molecule has 4 heterocycles. The van der Waals surface area contributed by atoms with Gasteiger partial charge in [0.05, 0.1) is 17.1 Å². The molecular weight excluding hydrogens is 338 g/mol. The van der Waals surface area contributed by atoms with Crippen molar-refractivity contribution in [3.8, 4) is 11.1 Å². The van der Waals surface area contributed by atoms with E-state index in [0.29, 0.717) is 10.5 Å². The highest BCUT2D eigenvalue weighted by atomic mass is 32.1. The predicted octanol–water partition coefficient (Wildman–Crippen LogP) is 2.25. The first kappa shape index (κ1) is 15.3. The highest BCUT2D eigenvalue weighted by Gasteiger charge is 2.15. The highest BCUT2D eigenvalue weighted by Crippen LogP contribution is 2.26. The van der Waals surface area contributed by atoms with Crippen LogP contribution in [0.5, 0.6) is 0 Å². The van der Waals surface area contributed by atoms with E-state index in [1.54, 1.807) is 16.9 Å². The fourth-order valence-corrected chi connectivity index (χ4v) is 3.35. The molecule has 1 amide bonds. The number of carbonyl (C=O) groups excluding carboxylic acids is 1. The Morgan fingerprint density at radius 2 is 2.28 bits per heavy atom. The number of nitrogens with two attached hydrogens (primary N) is 1. The van der Waals surface area contributed by atoms with Gasteiger partial charge < -0.3 is 11.1 Å². The molecule has 0 aromatic carbocycles. The Labute approximate surface area is 146 Å². The van der Waals surface area contributed by atoms with E-state index < -0.39 is 0 Å². The zero-order chi connectivity index (χ0) is 17.4. The second-order valence-corrected chi connectivity index (χ2v) is 6.53. The maximum atomic E-state index is 12.4. The van der Waals surface area contributed by atoms with Gasteiger partial charge in [0.1, 0.15) is 0 Å². The quantitative estimate of drug-likeness (QED) is 0.521. The van der Waals surface area contributed by atoms with Crippen molar-refractivity contribution in [1.82, 2.24) is 30.1 Å². The van der Waals surface area contributed by atoms with Crippen LogP contribution < -0.4 is 11.1 Å². The lowest BCUT2D eigenvalue weighted by molar-refractivity contribution is 0.0944. The minimum atomic E-state index is -0.119. The summed E-state index contributed by atoms with van der Waals surface area (Å²) in [5, 5.41) is 15.7. The van der Waals surface area contributed by atoms with Crippen LogP contribution in [0.25, 0.3) is 16.8 Å². The standard InChI is InChI=1S/C16H15N7OS/c1-9(12-5-18-19-6-12)20-15(24)13-4-11(8-25-13)10-2-3-14-21-16(17)22-23(14)7-10/h2-9H,1H3,(H2,17,22)(H,18,19)(H,20,24). The fourth-order valence-electron chi connectivity index (χ4n) is 2.53. The normalized spacial score (nSPS) is 12.4. The lowest BCUT2D eigenvalue weighted by Gasteiger charge is -2.10. The zero-order valence-corrected chi connectivity index (χ0v) is 14.1. The molecule has 126 valence electrons. The lowest BCUT2D eigenvalue weighted by atomic mass is 10.1. The van der Waals surface area contributed by atoms with Crippen LogP contribution in [0.15, 0.2) is 42.2 Å². The Kier molecular flexibility index (Phi) is 3.69. The van der Waals surface area contributed by atoms with Gasteiger partial charge in [-0.3, -0.25) is 9.89 Å². The molecule has 4 rings (SSSR count). The van der Waals surface area contributed by atoms with Gasteiger partial charge in [-0.1, -0.05) is 0 Å². The molecule has 8 nitrogen and oxygen atoms in total. The minimum absolute atomic E-state index is 0.115. The number of hydrogen-bond acceptors (Lipinski definition) is 6. The molecule has 0 spiro atoms. The van der Waals surface area contributed by atoms with Crippen molar-refractivity contribution in [3.05, 3.63) is 52.6 Å². The summed E-state index contributed by atoms with van der Waals surface area (Å²) in [5.74, 6) is 0.117. The van der Waals surface area contributed by atoms with E-state index in [1.807, 2.05) is 36.7 Å². The van der Waals surface area contributed by atoms with Crippen molar-refractivity contribution in [2.45, 2.75) is 13.0 Å². The van der Waals surface area contributed by atoms with Gasteiger partial charge in [-0.05, 0) is 36.1 Å². The largest absolute Gasteiger partial charge is 0.366 e. The molecule has 0 aliphatic heterocycles. The van der Waals surface area contributed by atoms with Crippen LogP contribution in [0.1, 0.15) is 28.2 Å². The molecule has 4 aromatic heterocycles. The summed E-state index contributed by atoms with van der Waals surface area (Å²) < 4.78 is 1.63. The number of H-pyrrole nitrogens is 1. The SMILES string of the molecule is CC(NC(=O)c1cc(-c2ccc3nc(N)nn3c2)cs1)c1cn[nH]c1. The second-order valence-electron chi connectivity index (χ2n) is 5.62. The molecule has 0 bridgehead atoms. The first-order valence-electron chi connectivity index (χ1n) is 7.60. The molecule has 0 fully saturated rings. The molecule has 0 aliphatic rings. The summed E-state index contributed by atoms with van der Waals surface area (Å²) in [6, 6.07) is 5.52. The third-order valence-corrected chi connectivity index (χ3v) is 4.80. The van der Waals surface area contributed by atoms with Gasteiger partial charge >= 0.3 is 0 Å². The monoisotopic (exact) mass is 353 g/mol. The Morgan fingerprint density at radius 3 is 3.08 bits per heavy atom. The zero-order valence-electron chi connectivity index (χ0n) is 13.3. The van der Waals surface area contributed by atoms with E-state index in [-0.39, 0.29) is 17.9 Å². The number of hydrogen-bond donors (Lipinski definition) is 3. The van der Waals surface area contributed by atoms with Gasteiger partial charge in [0, 0.05) is 23.5 Å². The smallest absolute Gasteiger partial charge is 0.261 e. The average molecular weight is 353 g/mol. The molecule has 25 heavy (non-hydrogen) atoms. The van der Waals surface area contributed by atoms with Crippen LogP contribution in [0, 0.1) is 0 Å². The number of amides is 1. The molecule has 4 aromatic rings. The Morgan fingerprint density at radius 1 is 1.40 bits per heavy atom. The van der Waals surface area contributed by atoms with E-state index in [2.05, 4.69) is 25.6 Å². The first-order valence-corrected chi connectivity index (χ1v) is 8.48. The Hall–Kier alpha value is -3.20. The van der Waals surface area contributed by atoms with Crippen molar-refractivity contribution in [3.63, 3.8) is 0 Å². The van der Waals surface area contributed by atoms with Gasteiger partial charge in [0.2, 0.25) is 5.95 Å². The van der Waals surface area contributed by atoms with E-state index in [4.69, 9.17) is 5.73 Å². The van der Waals surface area contributed by atoms with Crippen LogP contribution in [-0.2, 0) is 0 Å². The number of aromatic amines is 1. The number of nitrogens with zero attached hydrogens (tertiary/aromatic N) is 4. The molecule has 0 radical (unpaired) electrons. The van der Waals surface area contributed by atoms with E-state index in [1.165, 1.54) is 11.3 Å². The van der Waals surface area contributed by atoms with Crippen LogP contribution in [0.4, 0.5) is 5.95 Å². The van der Waals surface area contributed by atoms with Gasteiger partial charge in [0.15, 0.2) is 5.65 Å². The van der Waals surface area contributed by atoms with Gasteiger partial charge in [-0.15, -0.1) is 16.4 Å². The van der Waals surface area contributed by atoms with E-state index in [9.17, 15) is 4.79 Å². The Bertz CT molecular complexity index is 1030. The average Bonchev–Trinajstić information content (AvgIpc) is 3.33. The number of carbonyl (C=O) groups is 1. The second kappa shape index (κ2) is 6.02. The Balaban J connectivity index is 1.55. The summed E-state index contributed by atoms with van der Waals surface area (Å²) in [4.78, 5) is 17.2. The van der Waals surface area contributed by atoms with E-state index in [0.717, 1.165) is 16.7 Å². The fraction of sp³-hybridized carbons (Fsp3) is 0.125.